The fourth-order valence-electron chi connectivity index (χ4n) is 1.52. The minimum absolute atomic E-state index is 0.123. The topological polar surface area (TPSA) is 68.3 Å². The molecule has 0 atom stereocenters. The molecule has 0 aliphatic rings. The van der Waals surface area contributed by atoms with Crippen molar-refractivity contribution in [3.8, 4) is 0 Å². The summed E-state index contributed by atoms with van der Waals surface area (Å²) in [6, 6.07) is 0. The highest BCUT2D eigenvalue weighted by Gasteiger charge is 2.18. The number of rotatable bonds is 9. The lowest BCUT2D eigenvalue weighted by Crippen LogP contribution is -2.17. The van der Waals surface area contributed by atoms with Gasteiger partial charge in [-0.25, -0.2) is 0 Å². The number of carbonyl (C=O) groups excluding carboxylic acids is 4. The standard InChI is InChI=1S/C15H20O4/c1-5-12(16)14(18)8-11(7-10(3)4)9-15(19)13(17)6-2/h7H,3,5-6,8-9H2,1-2,4H3. The maximum Gasteiger partial charge on any atom is 0.202 e. The molecule has 0 aliphatic carbocycles. The molecule has 0 aliphatic heterocycles. The molecule has 4 nitrogen and oxygen atoms in total. The molecule has 0 heterocycles. The first-order valence-electron chi connectivity index (χ1n) is 6.28. The zero-order valence-electron chi connectivity index (χ0n) is 11.7. The number of hydrogen-bond donors (Lipinski definition) is 0. The van der Waals surface area contributed by atoms with Gasteiger partial charge in [-0.05, 0) is 6.92 Å². The summed E-state index contributed by atoms with van der Waals surface area (Å²) >= 11 is 0. The van der Waals surface area contributed by atoms with Gasteiger partial charge in [0, 0.05) is 25.7 Å². The highest BCUT2D eigenvalue weighted by molar-refractivity contribution is 6.39. The van der Waals surface area contributed by atoms with Gasteiger partial charge in [0.2, 0.25) is 11.6 Å². The van der Waals surface area contributed by atoms with Crippen LogP contribution in [0.15, 0.2) is 23.8 Å². The molecule has 0 rings (SSSR count). The molecule has 0 saturated heterocycles. The van der Waals surface area contributed by atoms with Crippen LogP contribution >= 0.6 is 0 Å². The largest absolute Gasteiger partial charge is 0.291 e. The quantitative estimate of drug-likeness (QED) is 0.473. The molecule has 0 unspecified atom stereocenters. The molecule has 0 N–H and O–H groups in total. The molecule has 0 aromatic heterocycles. The summed E-state index contributed by atoms with van der Waals surface area (Å²) in [5.74, 6) is -2.01. The van der Waals surface area contributed by atoms with Crippen molar-refractivity contribution in [2.75, 3.05) is 0 Å². The van der Waals surface area contributed by atoms with Crippen molar-refractivity contribution in [1.29, 1.82) is 0 Å². The van der Waals surface area contributed by atoms with E-state index >= 15 is 0 Å². The summed E-state index contributed by atoms with van der Waals surface area (Å²) in [5.41, 5.74) is 1.13. The number of Topliss-reactive ketones (excluding diaryl/α,β-unsaturated/α-hetero) is 4. The first kappa shape index (κ1) is 17.2. The van der Waals surface area contributed by atoms with Crippen molar-refractivity contribution in [3.63, 3.8) is 0 Å². The van der Waals surface area contributed by atoms with Gasteiger partial charge in [0.15, 0.2) is 11.6 Å². The number of allylic oxidation sites excluding steroid dienone is 3. The summed E-state index contributed by atoms with van der Waals surface area (Å²) in [6.07, 6.45) is 1.62. The predicted octanol–water partition coefficient (Wildman–Crippen LogP) is 2.37. The van der Waals surface area contributed by atoms with E-state index in [2.05, 4.69) is 6.58 Å². The second-order valence-corrected chi connectivity index (χ2v) is 4.40. The molecule has 0 bridgehead atoms. The third-order valence-corrected chi connectivity index (χ3v) is 2.49. The lowest BCUT2D eigenvalue weighted by Gasteiger charge is -2.05. The Hall–Kier alpha value is -1.84. The highest BCUT2D eigenvalue weighted by atomic mass is 16.2. The Kier molecular flexibility index (Phi) is 7.49. The van der Waals surface area contributed by atoms with E-state index in [9.17, 15) is 19.2 Å². The Labute approximate surface area is 113 Å². The van der Waals surface area contributed by atoms with Gasteiger partial charge in [0.25, 0.3) is 0 Å². The van der Waals surface area contributed by atoms with E-state index in [4.69, 9.17) is 0 Å². The van der Waals surface area contributed by atoms with Crippen LogP contribution in [0.3, 0.4) is 0 Å². The second kappa shape index (κ2) is 8.29. The lowest BCUT2D eigenvalue weighted by atomic mass is 9.97. The van der Waals surface area contributed by atoms with Crippen LogP contribution in [0.5, 0.6) is 0 Å². The van der Waals surface area contributed by atoms with Gasteiger partial charge in [-0.1, -0.05) is 37.6 Å². The molecule has 0 saturated carbocycles. The van der Waals surface area contributed by atoms with Crippen molar-refractivity contribution < 1.29 is 19.2 Å². The summed E-state index contributed by atoms with van der Waals surface area (Å²) in [7, 11) is 0. The van der Waals surface area contributed by atoms with Gasteiger partial charge < -0.3 is 0 Å². The van der Waals surface area contributed by atoms with E-state index < -0.39 is 23.1 Å². The summed E-state index contributed by atoms with van der Waals surface area (Å²) in [5, 5.41) is 0. The number of carbonyl (C=O) groups is 4. The van der Waals surface area contributed by atoms with Crippen LogP contribution < -0.4 is 0 Å². The minimum atomic E-state index is -0.535. The van der Waals surface area contributed by atoms with Crippen LogP contribution in [-0.2, 0) is 19.2 Å². The first-order valence-corrected chi connectivity index (χ1v) is 6.28. The van der Waals surface area contributed by atoms with E-state index in [1.807, 2.05) is 0 Å². The van der Waals surface area contributed by atoms with E-state index in [1.54, 1.807) is 26.8 Å². The van der Waals surface area contributed by atoms with E-state index in [0.717, 1.165) is 0 Å². The van der Waals surface area contributed by atoms with E-state index in [0.29, 0.717) is 11.1 Å². The fourth-order valence-corrected chi connectivity index (χ4v) is 1.52. The molecule has 0 spiro atoms. The Balaban J connectivity index is 4.90. The summed E-state index contributed by atoms with van der Waals surface area (Å²) in [6.45, 7) is 8.60. The number of ketones is 4. The average Bonchev–Trinajstić information content (AvgIpc) is 2.35. The molecule has 0 amide bonds. The van der Waals surface area contributed by atoms with Crippen molar-refractivity contribution in [2.45, 2.75) is 46.5 Å². The molecule has 104 valence electrons. The van der Waals surface area contributed by atoms with Gasteiger partial charge in [-0.3, -0.25) is 19.2 Å². The van der Waals surface area contributed by atoms with Crippen molar-refractivity contribution in [3.05, 3.63) is 23.8 Å². The van der Waals surface area contributed by atoms with Crippen molar-refractivity contribution >= 4 is 23.1 Å². The Morgan fingerprint density at radius 3 is 1.47 bits per heavy atom. The second-order valence-electron chi connectivity index (χ2n) is 4.40. The summed E-state index contributed by atoms with van der Waals surface area (Å²) in [4.78, 5) is 45.7. The SMILES string of the molecule is C=C(C)C=C(CC(=O)C(=O)CC)CC(=O)C(=O)CC. The van der Waals surface area contributed by atoms with E-state index in [-0.39, 0.29) is 25.7 Å². The van der Waals surface area contributed by atoms with Crippen LogP contribution in [0.2, 0.25) is 0 Å². The summed E-state index contributed by atoms with van der Waals surface area (Å²) < 4.78 is 0. The number of hydrogen-bond acceptors (Lipinski definition) is 4. The predicted molar refractivity (Wildman–Crippen MR) is 72.7 cm³/mol. The molecule has 0 radical (unpaired) electrons. The van der Waals surface area contributed by atoms with Crippen LogP contribution in [-0.4, -0.2) is 23.1 Å². The Morgan fingerprint density at radius 1 is 0.842 bits per heavy atom. The fraction of sp³-hybridized carbons (Fsp3) is 0.467. The van der Waals surface area contributed by atoms with Crippen LogP contribution in [0.4, 0.5) is 0 Å². The van der Waals surface area contributed by atoms with Gasteiger partial charge >= 0.3 is 0 Å². The van der Waals surface area contributed by atoms with Gasteiger partial charge in [0.05, 0.1) is 0 Å². The minimum Gasteiger partial charge on any atom is -0.291 e. The van der Waals surface area contributed by atoms with E-state index in [1.165, 1.54) is 0 Å². The van der Waals surface area contributed by atoms with Crippen LogP contribution in [0.1, 0.15) is 46.5 Å². The van der Waals surface area contributed by atoms with Crippen molar-refractivity contribution in [2.24, 2.45) is 0 Å². The molecule has 0 fully saturated rings. The molecular weight excluding hydrogens is 244 g/mol. The van der Waals surface area contributed by atoms with Gasteiger partial charge in [-0.15, -0.1) is 0 Å². The monoisotopic (exact) mass is 264 g/mol. The van der Waals surface area contributed by atoms with Gasteiger partial charge in [-0.2, -0.15) is 0 Å². The highest BCUT2D eigenvalue weighted by Crippen LogP contribution is 2.13. The molecular formula is C15H20O4. The maximum absolute atomic E-state index is 11.6. The molecule has 19 heavy (non-hydrogen) atoms. The smallest absolute Gasteiger partial charge is 0.202 e. The lowest BCUT2D eigenvalue weighted by molar-refractivity contribution is -0.136. The third kappa shape index (κ3) is 6.60. The zero-order valence-corrected chi connectivity index (χ0v) is 11.7. The third-order valence-electron chi connectivity index (χ3n) is 2.49. The van der Waals surface area contributed by atoms with Crippen molar-refractivity contribution in [1.82, 2.24) is 0 Å². The molecule has 0 aromatic carbocycles. The first-order chi connectivity index (χ1) is 8.81. The normalized spacial score (nSPS) is 9.63. The molecule has 0 aromatic rings. The zero-order chi connectivity index (χ0) is 15.0. The van der Waals surface area contributed by atoms with Crippen LogP contribution in [0, 0.1) is 0 Å². The Morgan fingerprint density at radius 2 is 1.21 bits per heavy atom. The van der Waals surface area contributed by atoms with Gasteiger partial charge in [0.1, 0.15) is 0 Å². The molecule has 4 heteroatoms. The Bertz CT molecular complexity index is 409. The maximum atomic E-state index is 11.6. The van der Waals surface area contributed by atoms with Crippen LogP contribution in [0.25, 0.3) is 0 Å². The average molecular weight is 264 g/mol.